The lowest BCUT2D eigenvalue weighted by molar-refractivity contribution is -0.140. The van der Waals surface area contributed by atoms with Crippen LogP contribution in [0.2, 0.25) is 0 Å². The van der Waals surface area contributed by atoms with Crippen LogP contribution in [0.5, 0.6) is 0 Å². The average molecular weight is 820 g/mol. The van der Waals surface area contributed by atoms with Gasteiger partial charge in [-0.15, -0.1) is 0 Å². The molecule has 2 atom stereocenters. The first kappa shape index (κ1) is 47.6. The van der Waals surface area contributed by atoms with E-state index in [9.17, 15) is 58.9 Å². The third-order valence-corrected chi connectivity index (χ3v) is 9.97. The van der Waals surface area contributed by atoms with Crippen LogP contribution < -0.4 is 16.0 Å². The number of carboxylic acid groups (broad SMARTS) is 3. The van der Waals surface area contributed by atoms with Gasteiger partial charge in [0.2, 0.25) is 11.8 Å². The van der Waals surface area contributed by atoms with Gasteiger partial charge in [0.15, 0.2) is 5.78 Å². The van der Waals surface area contributed by atoms with Gasteiger partial charge in [0.25, 0.3) is 5.91 Å². The number of carbonyl (C=O) groups excluding carboxylic acids is 4. The third-order valence-electron chi connectivity index (χ3n) is 9.97. The molecule has 0 aliphatic carbocycles. The van der Waals surface area contributed by atoms with Crippen LogP contribution in [0.3, 0.4) is 0 Å². The van der Waals surface area contributed by atoms with E-state index in [1.165, 1.54) is 24.1 Å². The van der Waals surface area contributed by atoms with Gasteiger partial charge < -0.3 is 46.2 Å². The first-order valence-corrected chi connectivity index (χ1v) is 19.6. The van der Waals surface area contributed by atoms with Crippen LogP contribution in [0.15, 0.2) is 18.3 Å². The van der Waals surface area contributed by atoms with Gasteiger partial charge >= 0.3 is 25.0 Å². The highest BCUT2D eigenvalue weighted by molar-refractivity contribution is 6.43. The van der Waals surface area contributed by atoms with E-state index in [0.717, 1.165) is 0 Å². The Hall–Kier alpha value is -4.74. The number of unbranched alkanes of at least 4 members (excludes halogenated alkanes) is 2. The molecule has 0 bridgehead atoms. The molecule has 1 aromatic rings. The number of hydrogen-bond acceptors (Lipinski definition) is 15. The Bertz CT molecular complexity index is 1510. The number of pyridine rings is 1. The Morgan fingerprint density at radius 1 is 0.759 bits per heavy atom. The number of anilines is 1. The predicted molar refractivity (Wildman–Crippen MR) is 210 cm³/mol. The lowest BCUT2D eigenvalue weighted by Gasteiger charge is -2.32. The highest BCUT2D eigenvalue weighted by Gasteiger charge is 2.38. The van der Waals surface area contributed by atoms with Crippen molar-refractivity contribution in [1.29, 1.82) is 0 Å². The van der Waals surface area contributed by atoms with Gasteiger partial charge in [-0.1, -0.05) is 6.42 Å². The normalized spacial score (nSPS) is 18.3. The van der Waals surface area contributed by atoms with Crippen molar-refractivity contribution in [3.8, 4) is 0 Å². The molecule has 2 aliphatic heterocycles. The SMILES string of the molecule is C[C@@H](NC(=O)c1ccc(NCC(=O)CCCCCNC(=O)CN2CCN(CC(=O)O)CCN(CC(=O)O)CCN(CC(=O)O)CC2)nc1)C(=O)N1CCC[C@H]1B(O)O. The topological polar surface area (TPSA) is 286 Å². The van der Waals surface area contributed by atoms with Crippen molar-refractivity contribution in [2.75, 3.05) is 103 Å². The zero-order valence-electron chi connectivity index (χ0n) is 33.1. The molecule has 0 spiro atoms. The average Bonchev–Trinajstić information content (AvgIpc) is 3.66. The molecule has 8 N–H and O–H groups in total. The molecule has 0 radical (unpaired) electrons. The van der Waals surface area contributed by atoms with Gasteiger partial charge in [0, 0.05) is 78.1 Å². The summed E-state index contributed by atoms with van der Waals surface area (Å²) in [6.45, 7) is 4.01. The first-order chi connectivity index (χ1) is 27.6. The number of nitrogens with zero attached hydrogens (tertiary/aromatic N) is 6. The first-order valence-electron chi connectivity index (χ1n) is 19.6. The van der Waals surface area contributed by atoms with Crippen molar-refractivity contribution in [1.82, 2.24) is 40.1 Å². The van der Waals surface area contributed by atoms with Gasteiger partial charge in [-0.3, -0.25) is 53.2 Å². The molecule has 3 heterocycles. The summed E-state index contributed by atoms with van der Waals surface area (Å²) in [5, 5.41) is 55.6. The zero-order chi connectivity index (χ0) is 42.6. The van der Waals surface area contributed by atoms with E-state index in [-0.39, 0.29) is 76.2 Å². The summed E-state index contributed by atoms with van der Waals surface area (Å²) in [6, 6.07) is 2.17. The fourth-order valence-electron chi connectivity index (χ4n) is 6.77. The second-order valence-corrected chi connectivity index (χ2v) is 14.6. The van der Waals surface area contributed by atoms with Crippen LogP contribution in [-0.2, 0) is 28.8 Å². The van der Waals surface area contributed by atoms with Crippen molar-refractivity contribution in [2.45, 2.75) is 57.4 Å². The molecule has 3 rings (SSSR count). The van der Waals surface area contributed by atoms with Crippen LogP contribution in [0, 0.1) is 0 Å². The third kappa shape index (κ3) is 17.8. The largest absolute Gasteiger partial charge is 0.480 e. The molecule has 2 aliphatic rings. The Balaban J connectivity index is 1.36. The summed E-state index contributed by atoms with van der Waals surface area (Å²) < 4.78 is 0. The van der Waals surface area contributed by atoms with Crippen molar-refractivity contribution in [3.63, 3.8) is 0 Å². The Morgan fingerprint density at radius 2 is 1.29 bits per heavy atom. The second kappa shape index (κ2) is 24.9. The molecule has 2 saturated heterocycles. The summed E-state index contributed by atoms with van der Waals surface area (Å²) in [7, 11) is -1.65. The minimum Gasteiger partial charge on any atom is -0.480 e. The molecule has 21 nitrogen and oxygen atoms in total. The van der Waals surface area contributed by atoms with Gasteiger partial charge in [-0.25, -0.2) is 4.98 Å². The Labute approximate surface area is 337 Å². The van der Waals surface area contributed by atoms with E-state index in [4.69, 9.17) is 0 Å². The number of rotatable bonds is 21. The predicted octanol–water partition coefficient (Wildman–Crippen LogP) is -2.66. The summed E-state index contributed by atoms with van der Waals surface area (Å²) >= 11 is 0. The summed E-state index contributed by atoms with van der Waals surface area (Å²) in [5.74, 6) is -4.64. The molecule has 3 amide bonds. The minimum absolute atomic E-state index is 0.0198. The van der Waals surface area contributed by atoms with Crippen LogP contribution in [0.1, 0.15) is 55.8 Å². The fraction of sp³-hybridized carbons (Fsp3) is 0.667. The lowest BCUT2D eigenvalue weighted by Crippen LogP contribution is -2.52. The molecule has 58 heavy (non-hydrogen) atoms. The van der Waals surface area contributed by atoms with Crippen LogP contribution in [0.4, 0.5) is 5.82 Å². The fourth-order valence-corrected chi connectivity index (χ4v) is 6.77. The van der Waals surface area contributed by atoms with Gasteiger partial charge in [0.05, 0.1) is 44.2 Å². The number of likely N-dealkylation sites (tertiary alicyclic amines) is 1. The molecule has 0 aromatic carbocycles. The quantitative estimate of drug-likeness (QED) is 0.0464. The zero-order valence-corrected chi connectivity index (χ0v) is 33.1. The van der Waals surface area contributed by atoms with E-state index < -0.39 is 48.8 Å². The maximum atomic E-state index is 12.9. The van der Waals surface area contributed by atoms with Crippen molar-refractivity contribution in [3.05, 3.63) is 23.9 Å². The van der Waals surface area contributed by atoms with Crippen molar-refractivity contribution < 1.29 is 58.9 Å². The number of nitrogens with one attached hydrogen (secondary N) is 3. The molecule has 1 aromatic heterocycles. The van der Waals surface area contributed by atoms with Crippen molar-refractivity contribution in [2.24, 2.45) is 0 Å². The van der Waals surface area contributed by atoms with Gasteiger partial charge in [-0.2, -0.15) is 0 Å². The smallest absolute Gasteiger partial charge is 0.475 e. The molecule has 0 unspecified atom stereocenters. The molecule has 322 valence electrons. The number of hydrogen-bond donors (Lipinski definition) is 8. The highest BCUT2D eigenvalue weighted by atomic mass is 16.4. The van der Waals surface area contributed by atoms with Crippen LogP contribution >= 0.6 is 0 Å². The number of aliphatic carboxylic acids is 3. The molecule has 2 fully saturated rings. The number of aromatic nitrogens is 1. The standard InChI is InChI=1S/C36H58BN9O12/c1-26(36(56)46-11-5-7-29(46)37(57)58)41-35(55)27-8-9-30(39-20-27)40-21-28(47)6-3-2-4-10-38-31(48)22-42-12-14-43(23-32(49)50)16-18-45(25-34(53)54)19-17-44(15-13-42)24-33(51)52/h8-9,20,26,29,57-58H,2-7,10-19,21-25H2,1H3,(H,38,48)(H,39,40)(H,41,55)(H,49,50)(H,51,52)(H,53,54)/t26-,29+/m1/s1. The van der Waals surface area contributed by atoms with E-state index in [2.05, 4.69) is 20.9 Å². The molecular formula is C36H58BN9O12. The maximum absolute atomic E-state index is 12.9. The van der Waals surface area contributed by atoms with Crippen LogP contribution in [0.25, 0.3) is 0 Å². The minimum atomic E-state index is -1.65. The molecule has 22 heteroatoms. The summed E-state index contributed by atoms with van der Waals surface area (Å²) in [6.07, 6.45) is 4.66. The number of amides is 3. The monoisotopic (exact) mass is 819 g/mol. The van der Waals surface area contributed by atoms with Crippen LogP contribution in [-0.4, -0.2) is 214 Å². The number of Topliss-reactive ketones (excluding diaryl/α,β-unsaturated/α-hetero) is 1. The Morgan fingerprint density at radius 3 is 1.78 bits per heavy atom. The summed E-state index contributed by atoms with van der Waals surface area (Å²) in [5.41, 5.74) is 0.208. The highest BCUT2D eigenvalue weighted by Crippen LogP contribution is 2.19. The van der Waals surface area contributed by atoms with E-state index in [1.807, 2.05) is 4.90 Å². The lowest BCUT2D eigenvalue weighted by atomic mass is 9.78. The van der Waals surface area contributed by atoms with Gasteiger partial charge in [0.1, 0.15) is 11.9 Å². The van der Waals surface area contributed by atoms with E-state index in [1.54, 1.807) is 20.8 Å². The summed E-state index contributed by atoms with van der Waals surface area (Å²) in [4.78, 5) is 97.6. The Kier molecular flexibility index (Phi) is 20.5. The number of ketones is 1. The van der Waals surface area contributed by atoms with E-state index >= 15 is 0 Å². The molecular weight excluding hydrogens is 761 g/mol. The van der Waals surface area contributed by atoms with E-state index in [0.29, 0.717) is 83.6 Å². The number of carbonyl (C=O) groups is 7. The maximum Gasteiger partial charge on any atom is 0.475 e. The number of carboxylic acids is 3. The second-order valence-electron chi connectivity index (χ2n) is 14.6. The van der Waals surface area contributed by atoms with Crippen molar-refractivity contribution >= 4 is 54.3 Å². The molecule has 0 saturated carbocycles. The van der Waals surface area contributed by atoms with Gasteiger partial charge in [-0.05, 0) is 44.7 Å².